The lowest BCUT2D eigenvalue weighted by atomic mass is 10.1. The van der Waals surface area contributed by atoms with Crippen LogP contribution in [0.4, 0.5) is 0 Å². The van der Waals surface area contributed by atoms with Crippen LogP contribution in [-0.4, -0.2) is 14.5 Å². The molecule has 0 fully saturated rings. The number of hydrogen-bond acceptors (Lipinski definition) is 4. The van der Waals surface area contributed by atoms with Gasteiger partial charge < -0.3 is 13.9 Å². The number of phenols is 1. The highest BCUT2D eigenvalue weighted by Gasteiger charge is 2.09. The average molecular weight is 378 g/mol. The Labute approximate surface area is 165 Å². The molecule has 0 saturated carbocycles. The van der Waals surface area contributed by atoms with Crippen LogP contribution in [0.3, 0.4) is 0 Å². The van der Waals surface area contributed by atoms with Gasteiger partial charge in [-0.2, -0.15) is 0 Å². The van der Waals surface area contributed by atoms with Gasteiger partial charge in [-0.15, -0.1) is 0 Å². The largest absolute Gasteiger partial charge is 0.508 e. The fraction of sp³-hybridized carbons (Fsp3) is 0. The minimum Gasteiger partial charge on any atom is -0.508 e. The summed E-state index contributed by atoms with van der Waals surface area (Å²) in [7, 11) is 0. The maximum atomic E-state index is 12.6. The average Bonchev–Trinajstić information content (AvgIpc) is 3.20. The number of aromatic nitrogens is 2. The number of fused-ring (bicyclic) bond motifs is 2. The van der Waals surface area contributed by atoms with Crippen molar-refractivity contribution < 1.29 is 9.52 Å². The molecule has 0 aliphatic rings. The van der Waals surface area contributed by atoms with E-state index in [1.54, 1.807) is 42.7 Å². The first-order valence-corrected chi connectivity index (χ1v) is 8.98. The molecule has 1 N–H and O–H groups in total. The molecular weight excluding hydrogens is 364 g/mol. The third kappa shape index (κ3) is 3.24. The van der Waals surface area contributed by atoms with Crippen molar-refractivity contribution in [2.24, 2.45) is 0 Å². The quantitative estimate of drug-likeness (QED) is 0.444. The lowest BCUT2D eigenvalue weighted by Crippen LogP contribution is -2.01. The van der Waals surface area contributed by atoms with E-state index in [9.17, 15) is 9.90 Å². The van der Waals surface area contributed by atoms with Crippen LogP contribution in [0.5, 0.6) is 5.75 Å². The lowest BCUT2D eigenvalue weighted by molar-refractivity contribution is 0.475. The summed E-state index contributed by atoms with van der Waals surface area (Å²) < 4.78 is 7.87. The zero-order valence-corrected chi connectivity index (χ0v) is 15.2. The molecule has 138 valence electrons. The maximum absolute atomic E-state index is 12.6. The Morgan fingerprint density at radius 3 is 2.66 bits per heavy atom. The molecule has 29 heavy (non-hydrogen) atoms. The molecule has 0 atom stereocenters. The molecule has 0 aliphatic heterocycles. The summed E-state index contributed by atoms with van der Waals surface area (Å²) >= 11 is 0. The standard InChI is InChI=1S/C24H14N2O3/c27-19-5-1-3-16(11-19)6-7-17-8-9-20-22(28)14-24(29-23(20)12-17)21-13-18-4-2-10-26(18)15-25-21/h1-5,8-15,27H. The second kappa shape index (κ2) is 6.70. The molecular formula is C24H14N2O3. The van der Waals surface area contributed by atoms with E-state index in [0.29, 0.717) is 33.6 Å². The summed E-state index contributed by atoms with van der Waals surface area (Å²) in [6.45, 7) is 0. The Morgan fingerprint density at radius 2 is 1.79 bits per heavy atom. The Hall–Kier alpha value is -4.30. The van der Waals surface area contributed by atoms with E-state index in [1.165, 1.54) is 6.07 Å². The number of phenolic OH excluding ortho intramolecular Hbond substituents is 1. The Morgan fingerprint density at radius 1 is 0.931 bits per heavy atom. The molecule has 0 amide bonds. The van der Waals surface area contributed by atoms with E-state index in [2.05, 4.69) is 16.8 Å². The van der Waals surface area contributed by atoms with Crippen LogP contribution < -0.4 is 5.43 Å². The van der Waals surface area contributed by atoms with Gasteiger partial charge in [0.15, 0.2) is 11.2 Å². The number of rotatable bonds is 1. The van der Waals surface area contributed by atoms with Gasteiger partial charge in [0.25, 0.3) is 0 Å². The zero-order chi connectivity index (χ0) is 19.8. The van der Waals surface area contributed by atoms with Crippen molar-refractivity contribution in [2.45, 2.75) is 0 Å². The highest BCUT2D eigenvalue weighted by Crippen LogP contribution is 2.22. The van der Waals surface area contributed by atoms with Crippen molar-refractivity contribution in [1.29, 1.82) is 0 Å². The van der Waals surface area contributed by atoms with E-state index in [-0.39, 0.29) is 11.2 Å². The van der Waals surface area contributed by atoms with Crippen LogP contribution in [0.15, 0.2) is 88.5 Å². The number of benzene rings is 2. The highest BCUT2D eigenvalue weighted by molar-refractivity contribution is 5.80. The van der Waals surface area contributed by atoms with Gasteiger partial charge in [-0.25, -0.2) is 4.98 Å². The maximum Gasteiger partial charge on any atom is 0.193 e. The summed E-state index contributed by atoms with van der Waals surface area (Å²) in [6, 6.07) is 19.2. The van der Waals surface area contributed by atoms with Gasteiger partial charge in [-0.1, -0.05) is 17.9 Å². The molecule has 0 radical (unpaired) electrons. The second-order valence-corrected chi connectivity index (χ2v) is 6.60. The number of hydrogen-bond donors (Lipinski definition) is 1. The molecule has 3 heterocycles. The van der Waals surface area contributed by atoms with Crippen LogP contribution in [0, 0.1) is 11.8 Å². The zero-order valence-electron chi connectivity index (χ0n) is 15.2. The SMILES string of the molecule is O=c1cc(-c2cc3cccn3cn2)oc2cc(C#Cc3cccc(O)c3)ccc12. The van der Waals surface area contributed by atoms with Gasteiger partial charge in [-0.3, -0.25) is 4.79 Å². The van der Waals surface area contributed by atoms with Crippen LogP contribution in [0.2, 0.25) is 0 Å². The molecule has 0 aliphatic carbocycles. The summed E-state index contributed by atoms with van der Waals surface area (Å²) in [5.41, 5.74) is 3.27. The van der Waals surface area contributed by atoms with E-state index in [4.69, 9.17) is 4.42 Å². The third-order valence-electron chi connectivity index (χ3n) is 4.60. The third-order valence-corrected chi connectivity index (χ3v) is 4.60. The van der Waals surface area contributed by atoms with Crippen LogP contribution in [0.1, 0.15) is 11.1 Å². The van der Waals surface area contributed by atoms with Gasteiger partial charge in [0.2, 0.25) is 0 Å². The summed E-state index contributed by atoms with van der Waals surface area (Å²) in [5.74, 6) is 6.61. The minimum absolute atomic E-state index is 0.134. The van der Waals surface area contributed by atoms with Gasteiger partial charge in [0, 0.05) is 28.9 Å². The predicted octanol–water partition coefficient (Wildman–Crippen LogP) is 4.21. The van der Waals surface area contributed by atoms with Crippen molar-refractivity contribution >= 4 is 16.5 Å². The smallest absolute Gasteiger partial charge is 0.193 e. The van der Waals surface area contributed by atoms with E-state index < -0.39 is 0 Å². The van der Waals surface area contributed by atoms with E-state index in [0.717, 1.165) is 5.52 Å². The highest BCUT2D eigenvalue weighted by atomic mass is 16.3. The van der Waals surface area contributed by atoms with Crippen LogP contribution in [-0.2, 0) is 0 Å². The van der Waals surface area contributed by atoms with Crippen molar-refractivity contribution in [3.8, 4) is 29.0 Å². The fourth-order valence-corrected chi connectivity index (χ4v) is 3.16. The molecule has 5 aromatic rings. The van der Waals surface area contributed by atoms with Crippen molar-refractivity contribution in [3.63, 3.8) is 0 Å². The van der Waals surface area contributed by atoms with Crippen molar-refractivity contribution in [2.75, 3.05) is 0 Å². The monoisotopic (exact) mass is 378 g/mol. The van der Waals surface area contributed by atoms with Crippen molar-refractivity contribution in [1.82, 2.24) is 9.38 Å². The molecule has 0 saturated heterocycles. The lowest BCUT2D eigenvalue weighted by Gasteiger charge is -2.04. The molecule has 5 nitrogen and oxygen atoms in total. The summed E-state index contributed by atoms with van der Waals surface area (Å²) in [6.07, 6.45) is 3.59. The van der Waals surface area contributed by atoms with Crippen LogP contribution in [0.25, 0.3) is 27.9 Å². The molecule has 5 heteroatoms. The van der Waals surface area contributed by atoms with Gasteiger partial charge >= 0.3 is 0 Å². The molecule has 0 unspecified atom stereocenters. The Bertz CT molecular complexity index is 1500. The van der Waals surface area contributed by atoms with Gasteiger partial charge in [0.05, 0.1) is 11.7 Å². The summed E-state index contributed by atoms with van der Waals surface area (Å²) in [5, 5.41) is 10.0. The number of aromatic hydroxyl groups is 1. The first-order chi connectivity index (χ1) is 14.2. The molecule has 0 spiro atoms. The van der Waals surface area contributed by atoms with E-state index >= 15 is 0 Å². The first kappa shape index (κ1) is 16.8. The summed E-state index contributed by atoms with van der Waals surface area (Å²) in [4.78, 5) is 16.9. The molecule has 5 rings (SSSR count). The molecule has 0 bridgehead atoms. The normalized spacial score (nSPS) is 10.8. The number of nitrogens with zero attached hydrogens (tertiary/aromatic N) is 2. The van der Waals surface area contributed by atoms with E-state index in [1.807, 2.05) is 34.9 Å². The molecule has 2 aromatic carbocycles. The van der Waals surface area contributed by atoms with Crippen LogP contribution >= 0.6 is 0 Å². The predicted molar refractivity (Wildman–Crippen MR) is 111 cm³/mol. The first-order valence-electron chi connectivity index (χ1n) is 8.98. The topological polar surface area (TPSA) is 67.7 Å². The fourth-order valence-electron chi connectivity index (χ4n) is 3.16. The Balaban J connectivity index is 1.59. The second-order valence-electron chi connectivity index (χ2n) is 6.60. The van der Waals surface area contributed by atoms with Gasteiger partial charge in [-0.05, 0) is 54.6 Å². The minimum atomic E-state index is -0.134. The van der Waals surface area contributed by atoms with Gasteiger partial charge in [0.1, 0.15) is 17.0 Å². The Kier molecular flexibility index (Phi) is 3.89. The van der Waals surface area contributed by atoms with Crippen molar-refractivity contribution in [3.05, 3.63) is 101 Å². The molecule has 3 aromatic heterocycles.